The Morgan fingerprint density at radius 1 is 1.16 bits per heavy atom. The van der Waals surface area contributed by atoms with Crippen LogP contribution in [-0.4, -0.2) is 12.1 Å². The SMILES string of the molecule is COc1cccc(CCl)c1OCc1cccc(C)n1. The molecule has 2 aromatic rings. The molecule has 0 atom stereocenters. The smallest absolute Gasteiger partial charge is 0.166 e. The first kappa shape index (κ1) is 13.7. The minimum Gasteiger partial charge on any atom is -0.493 e. The molecule has 0 saturated heterocycles. The predicted octanol–water partition coefficient (Wildman–Crippen LogP) is 3.72. The lowest BCUT2D eigenvalue weighted by molar-refractivity contribution is 0.278. The monoisotopic (exact) mass is 277 g/mol. The number of aromatic nitrogens is 1. The number of rotatable bonds is 5. The Morgan fingerprint density at radius 2 is 1.95 bits per heavy atom. The van der Waals surface area contributed by atoms with Crippen molar-refractivity contribution in [1.29, 1.82) is 0 Å². The van der Waals surface area contributed by atoms with Crippen LogP contribution in [0.1, 0.15) is 17.0 Å². The number of halogens is 1. The van der Waals surface area contributed by atoms with Crippen LogP contribution in [0.15, 0.2) is 36.4 Å². The van der Waals surface area contributed by atoms with Crippen molar-refractivity contribution < 1.29 is 9.47 Å². The Balaban J connectivity index is 2.19. The van der Waals surface area contributed by atoms with Gasteiger partial charge in [0.2, 0.25) is 0 Å². The lowest BCUT2D eigenvalue weighted by atomic mass is 10.2. The number of hydrogen-bond donors (Lipinski definition) is 0. The third-order valence-corrected chi connectivity index (χ3v) is 3.02. The Kier molecular flexibility index (Phi) is 4.63. The quantitative estimate of drug-likeness (QED) is 0.781. The largest absolute Gasteiger partial charge is 0.493 e. The van der Waals surface area contributed by atoms with E-state index in [1.807, 2.05) is 43.3 Å². The number of benzene rings is 1. The van der Waals surface area contributed by atoms with Crippen molar-refractivity contribution in [2.75, 3.05) is 7.11 Å². The molecular weight excluding hydrogens is 262 g/mol. The normalized spacial score (nSPS) is 10.3. The van der Waals surface area contributed by atoms with Crippen LogP contribution in [-0.2, 0) is 12.5 Å². The average molecular weight is 278 g/mol. The number of alkyl halides is 1. The van der Waals surface area contributed by atoms with E-state index in [1.54, 1.807) is 7.11 Å². The second-order valence-corrected chi connectivity index (χ2v) is 4.41. The zero-order valence-electron chi connectivity index (χ0n) is 11.0. The molecule has 0 unspecified atom stereocenters. The van der Waals surface area contributed by atoms with Crippen molar-refractivity contribution in [3.63, 3.8) is 0 Å². The van der Waals surface area contributed by atoms with Crippen molar-refractivity contribution in [3.8, 4) is 11.5 Å². The summed E-state index contributed by atoms with van der Waals surface area (Å²) in [5, 5.41) is 0. The van der Waals surface area contributed by atoms with Gasteiger partial charge in [0.15, 0.2) is 11.5 Å². The van der Waals surface area contributed by atoms with Crippen LogP contribution in [0, 0.1) is 6.92 Å². The summed E-state index contributed by atoms with van der Waals surface area (Å²) >= 11 is 5.92. The number of para-hydroxylation sites is 1. The molecule has 1 heterocycles. The molecule has 0 saturated carbocycles. The summed E-state index contributed by atoms with van der Waals surface area (Å²) in [5.74, 6) is 1.75. The molecule has 0 aliphatic carbocycles. The van der Waals surface area contributed by atoms with E-state index in [9.17, 15) is 0 Å². The van der Waals surface area contributed by atoms with Gasteiger partial charge in [-0.2, -0.15) is 0 Å². The summed E-state index contributed by atoms with van der Waals surface area (Å²) in [4.78, 5) is 4.40. The van der Waals surface area contributed by atoms with Crippen molar-refractivity contribution in [2.45, 2.75) is 19.4 Å². The zero-order chi connectivity index (χ0) is 13.7. The summed E-state index contributed by atoms with van der Waals surface area (Å²) in [6, 6.07) is 11.5. The maximum Gasteiger partial charge on any atom is 0.166 e. The van der Waals surface area contributed by atoms with Crippen molar-refractivity contribution >= 4 is 11.6 Å². The molecule has 0 aliphatic heterocycles. The van der Waals surface area contributed by atoms with E-state index in [0.717, 1.165) is 17.0 Å². The van der Waals surface area contributed by atoms with E-state index in [4.69, 9.17) is 21.1 Å². The summed E-state index contributed by atoms with van der Waals surface area (Å²) < 4.78 is 11.1. The molecule has 0 N–H and O–H groups in total. The molecule has 1 aromatic heterocycles. The molecule has 0 amide bonds. The summed E-state index contributed by atoms with van der Waals surface area (Å²) in [5.41, 5.74) is 2.76. The van der Waals surface area contributed by atoms with Gasteiger partial charge in [-0.15, -0.1) is 11.6 Å². The van der Waals surface area contributed by atoms with Crippen molar-refractivity contribution in [3.05, 3.63) is 53.3 Å². The molecule has 100 valence electrons. The molecule has 2 rings (SSSR count). The first-order valence-corrected chi connectivity index (χ1v) is 6.55. The summed E-state index contributed by atoms with van der Waals surface area (Å²) in [6.45, 7) is 2.35. The predicted molar refractivity (Wildman–Crippen MR) is 75.9 cm³/mol. The molecule has 0 bridgehead atoms. The molecule has 0 spiro atoms. The van der Waals surface area contributed by atoms with Gasteiger partial charge in [0, 0.05) is 11.3 Å². The molecule has 0 radical (unpaired) electrons. The summed E-state index contributed by atoms with van der Waals surface area (Å²) in [7, 11) is 1.62. The molecule has 0 aliphatic rings. The fraction of sp³-hybridized carbons (Fsp3) is 0.267. The molecule has 19 heavy (non-hydrogen) atoms. The zero-order valence-corrected chi connectivity index (χ0v) is 11.8. The Hall–Kier alpha value is -1.74. The van der Waals surface area contributed by atoms with Crippen LogP contribution in [0.5, 0.6) is 11.5 Å². The van der Waals surface area contributed by atoms with E-state index in [-0.39, 0.29) is 0 Å². The van der Waals surface area contributed by atoms with E-state index in [1.165, 1.54) is 0 Å². The van der Waals surface area contributed by atoms with Crippen LogP contribution >= 0.6 is 11.6 Å². The van der Waals surface area contributed by atoms with Crippen molar-refractivity contribution in [1.82, 2.24) is 4.98 Å². The number of ether oxygens (including phenoxy) is 2. The number of methoxy groups -OCH3 is 1. The maximum absolute atomic E-state index is 5.92. The van der Waals surface area contributed by atoms with Gasteiger partial charge in [0.05, 0.1) is 18.7 Å². The van der Waals surface area contributed by atoms with Crippen LogP contribution < -0.4 is 9.47 Å². The third kappa shape index (κ3) is 3.38. The van der Waals surface area contributed by atoms with Crippen LogP contribution in [0.4, 0.5) is 0 Å². The van der Waals surface area contributed by atoms with Crippen LogP contribution in [0.2, 0.25) is 0 Å². The highest BCUT2D eigenvalue weighted by Gasteiger charge is 2.10. The van der Waals surface area contributed by atoms with Gasteiger partial charge in [-0.1, -0.05) is 18.2 Å². The van der Waals surface area contributed by atoms with Gasteiger partial charge in [0.25, 0.3) is 0 Å². The van der Waals surface area contributed by atoms with Crippen LogP contribution in [0.25, 0.3) is 0 Å². The molecule has 3 nitrogen and oxygen atoms in total. The first-order chi connectivity index (χ1) is 9.24. The Morgan fingerprint density at radius 3 is 2.63 bits per heavy atom. The minimum atomic E-state index is 0.383. The molecular formula is C15H16ClNO2. The lowest BCUT2D eigenvalue weighted by Gasteiger charge is -2.13. The van der Waals surface area contributed by atoms with E-state index < -0.39 is 0 Å². The van der Waals surface area contributed by atoms with Gasteiger partial charge < -0.3 is 9.47 Å². The highest BCUT2D eigenvalue weighted by atomic mass is 35.5. The van der Waals surface area contributed by atoms with Gasteiger partial charge in [0.1, 0.15) is 6.61 Å². The minimum absolute atomic E-state index is 0.383. The number of pyridine rings is 1. The van der Waals surface area contributed by atoms with Gasteiger partial charge in [-0.05, 0) is 25.1 Å². The lowest BCUT2D eigenvalue weighted by Crippen LogP contribution is -2.02. The van der Waals surface area contributed by atoms with E-state index in [0.29, 0.717) is 24.0 Å². The van der Waals surface area contributed by atoms with Gasteiger partial charge in [-0.25, -0.2) is 0 Å². The Labute approximate surface area is 118 Å². The maximum atomic E-state index is 5.92. The number of hydrogen-bond acceptors (Lipinski definition) is 3. The highest BCUT2D eigenvalue weighted by Crippen LogP contribution is 2.32. The summed E-state index contributed by atoms with van der Waals surface area (Å²) in [6.07, 6.45) is 0. The second kappa shape index (κ2) is 6.43. The number of nitrogens with zero attached hydrogens (tertiary/aromatic N) is 1. The van der Waals surface area contributed by atoms with E-state index in [2.05, 4.69) is 4.98 Å². The molecule has 1 aromatic carbocycles. The third-order valence-electron chi connectivity index (χ3n) is 2.73. The number of aryl methyl sites for hydroxylation is 1. The van der Waals surface area contributed by atoms with Gasteiger partial charge >= 0.3 is 0 Å². The first-order valence-electron chi connectivity index (χ1n) is 6.01. The van der Waals surface area contributed by atoms with Gasteiger partial charge in [-0.3, -0.25) is 4.98 Å². The van der Waals surface area contributed by atoms with Crippen molar-refractivity contribution in [2.24, 2.45) is 0 Å². The average Bonchev–Trinajstić information content (AvgIpc) is 2.44. The fourth-order valence-electron chi connectivity index (χ4n) is 1.82. The topological polar surface area (TPSA) is 31.4 Å². The highest BCUT2D eigenvalue weighted by molar-refractivity contribution is 6.17. The second-order valence-electron chi connectivity index (χ2n) is 4.14. The molecule has 4 heteroatoms. The van der Waals surface area contributed by atoms with E-state index >= 15 is 0 Å². The Bertz CT molecular complexity index is 535. The fourth-order valence-corrected chi connectivity index (χ4v) is 2.03. The standard InChI is InChI=1S/C15H16ClNO2/c1-11-5-3-7-13(17-11)10-19-15-12(9-16)6-4-8-14(15)18-2/h3-8H,9-10H2,1-2H3. The molecule has 0 fully saturated rings. The van der Waals surface area contributed by atoms with Crippen LogP contribution in [0.3, 0.4) is 0 Å².